The van der Waals surface area contributed by atoms with Crippen LogP contribution in [0.4, 0.5) is 5.69 Å². The molecule has 1 fully saturated rings. The van der Waals surface area contributed by atoms with Crippen LogP contribution in [-0.4, -0.2) is 22.1 Å². The molecular weight excluding hydrogens is 204 g/mol. The Morgan fingerprint density at radius 2 is 2.12 bits per heavy atom. The van der Waals surface area contributed by atoms with Gasteiger partial charge in [-0.25, -0.2) is 9.78 Å². The second kappa shape index (κ2) is 4.96. The minimum absolute atomic E-state index is 0.119. The van der Waals surface area contributed by atoms with Crippen molar-refractivity contribution in [3.8, 4) is 0 Å². The fraction of sp³-hybridized carbons (Fsp3) is 0.500. The van der Waals surface area contributed by atoms with E-state index in [1.54, 1.807) is 12.1 Å². The van der Waals surface area contributed by atoms with Gasteiger partial charge in [-0.1, -0.05) is 19.3 Å². The number of aromatic nitrogens is 1. The summed E-state index contributed by atoms with van der Waals surface area (Å²) < 4.78 is 0. The average Bonchev–Trinajstić information content (AvgIpc) is 2.31. The number of nitrogens with one attached hydrogen (secondary N) is 1. The minimum Gasteiger partial charge on any atom is -0.476 e. The number of carboxylic acid groups (broad SMARTS) is 1. The third kappa shape index (κ3) is 2.51. The Hall–Kier alpha value is -1.58. The van der Waals surface area contributed by atoms with Crippen LogP contribution in [0.2, 0.25) is 0 Å². The predicted molar refractivity (Wildman–Crippen MR) is 61.7 cm³/mol. The highest BCUT2D eigenvalue weighted by atomic mass is 16.4. The lowest BCUT2D eigenvalue weighted by Crippen LogP contribution is -2.23. The van der Waals surface area contributed by atoms with Crippen LogP contribution in [-0.2, 0) is 0 Å². The van der Waals surface area contributed by atoms with E-state index < -0.39 is 5.97 Å². The van der Waals surface area contributed by atoms with Crippen molar-refractivity contribution in [1.29, 1.82) is 0 Å². The number of aromatic carboxylic acids is 1. The van der Waals surface area contributed by atoms with Crippen LogP contribution in [0.5, 0.6) is 0 Å². The van der Waals surface area contributed by atoms with Crippen LogP contribution in [0.3, 0.4) is 0 Å². The molecule has 2 rings (SSSR count). The molecule has 0 saturated heterocycles. The number of pyridine rings is 1. The van der Waals surface area contributed by atoms with Crippen molar-refractivity contribution in [2.24, 2.45) is 0 Å². The zero-order valence-corrected chi connectivity index (χ0v) is 9.15. The summed E-state index contributed by atoms with van der Waals surface area (Å²) in [6, 6.07) is 3.94. The SMILES string of the molecule is O=C(O)c1ncccc1NC1CCCCC1. The van der Waals surface area contributed by atoms with E-state index in [1.807, 2.05) is 0 Å². The normalized spacial score (nSPS) is 17.0. The Bertz CT molecular complexity index is 373. The predicted octanol–water partition coefficient (Wildman–Crippen LogP) is 2.52. The first-order valence-corrected chi connectivity index (χ1v) is 5.72. The second-order valence-corrected chi connectivity index (χ2v) is 4.18. The average molecular weight is 220 g/mol. The van der Waals surface area contributed by atoms with Gasteiger partial charge in [-0.15, -0.1) is 0 Å². The number of nitrogens with zero attached hydrogens (tertiary/aromatic N) is 1. The zero-order chi connectivity index (χ0) is 11.4. The molecule has 0 aliphatic heterocycles. The van der Waals surface area contributed by atoms with Gasteiger partial charge in [0.1, 0.15) is 0 Å². The summed E-state index contributed by atoms with van der Waals surface area (Å²) in [6.45, 7) is 0. The molecule has 1 aromatic rings. The van der Waals surface area contributed by atoms with Crippen LogP contribution in [0.25, 0.3) is 0 Å². The lowest BCUT2D eigenvalue weighted by Gasteiger charge is -2.24. The Morgan fingerprint density at radius 3 is 2.81 bits per heavy atom. The summed E-state index contributed by atoms with van der Waals surface area (Å²) in [7, 11) is 0. The molecule has 0 amide bonds. The van der Waals surface area contributed by atoms with Gasteiger partial charge in [-0.3, -0.25) is 0 Å². The van der Waals surface area contributed by atoms with Crippen LogP contribution >= 0.6 is 0 Å². The number of hydrogen-bond donors (Lipinski definition) is 2. The largest absolute Gasteiger partial charge is 0.476 e. The smallest absolute Gasteiger partial charge is 0.356 e. The van der Waals surface area contributed by atoms with Gasteiger partial charge in [0.05, 0.1) is 5.69 Å². The summed E-state index contributed by atoms with van der Waals surface area (Å²) in [5.74, 6) is -0.973. The maximum Gasteiger partial charge on any atom is 0.356 e. The highest BCUT2D eigenvalue weighted by molar-refractivity contribution is 5.91. The number of carboxylic acids is 1. The third-order valence-corrected chi connectivity index (χ3v) is 2.98. The lowest BCUT2D eigenvalue weighted by atomic mass is 9.95. The van der Waals surface area contributed by atoms with E-state index >= 15 is 0 Å². The molecule has 16 heavy (non-hydrogen) atoms. The molecule has 0 radical (unpaired) electrons. The topological polar surface area (TPSA) is 62.2 Å². The molecule has 1 aromatic heterocycles. The third-order valence-electron chi connectivity index (χ3n) is 2.98. The van der Waals surface area contributed by atoms with Gasteiger partial charge in [0.25, 0.3) is 0 Å². The molecule has 0 bridgehead atoms. The zero-order valence-electron chi connectivity index (χ0n) is 9.15. The lowest BCUT2D eigenvalue weighted by molar-refractivity contribution is 0.0691. The highest BCUT2D eigenvalue weighted by Gasteiger charge is 2.17. The van der Waals surface area contributed by atoms with Gasteiger partial charge in [0, 0.05) is 12.2 Å². The van der Waals surface area contributed by atoms with Crippen molar-refractivity contribution >= 4 is 11.7 Å². The number of hydrogen-bond acceptors (Lipinski definition) is 3. The van der Waals surface area contributed by atoms with E-state index in [-0.39, 0.29) is 5.69 Å². The molecule has 86 valence electrons. The van der Waals surface area contributed by atoms with Gasteiger partial charge < -0.3 is 10.4 Å². The van der Waals surface area contributed by atoms with Crippen molar-refractivity contribution in [2.45, 2.75) is 38.1 Å². The molecule has 1 aliphatic rings. The van der Waals surface area contributed by atoms with Gasteiger partial charge in [-0.05, 0) is 25.0 Å². The molecular formula is C12H16N2O2. The van der Waals surface area contributed by atoms with Crippen molar-refractivity contribution in [3.05, 3.63) is 24.0 Å². The quantitative estimate of drug-likeness (QED) is 0.821. The molecule has 0 aromatic carbocycles. The minimum atomic E-state index is -0.973. The van der Waals surface area contributed by atoms with E-state index in [0.29, 0.717) is 11.7 Å². The maximum absolute atomic E-state index is 11.0. The van der Waals surface area contributed by atoms with Crippen LogP contribution in [0.15, 0.2) is 18.3 Å². The van der Waals surface area contributed by atoms with E-state index in [1.165, 1.54) is 25.5 Å². The first-order chi connectivity index (χ1) is 7.77. The van der Waals surface area contributed by atoms with Gasteiger partial charge in [0.15, 0.2) is 5.69 Å². The Kier molecular flexibility index (Phi) is 3.39. The van der Waals surface area contributed by atoms with Crippen LogP contribution in [0, 0.1) is 0 Å². The van der Waals surface area contributed by atoms with Crippen molar-refractivity contribution in [3.63, 3.8) is 0 Å². The summed E-state index contributed by atoms with van der Waals surface area (Å²) in [5.41, 5.74) is 0.759. The number of anilines is 1. The monoisotopic (exact) mass is 220 g/mol. The summed E-state index contributed by atoms with van der Waals surface area (Å²) >= 11 is 0. The Morgan fingerprint density at radius 1 is 1.38 bits per heavy atom. The summed E-state index contributed by atoms with van der Waals surface area (Å²) in [6.07, 6.45) is 7.48. The van der Waals surface area contributed by atoms with E-state index in [2.05, 4.69) is 10.3 Å². The first kappa shape index (κ1) is 10.9. The van der Waals surface area contributed by atoms with E-state index in [0.717, 1.165) is 12.8 Å². The molecule has 4 nitrogen and oxygen atoms in total. The van der Waals surface area contributed by atoms with Crippen LogP contribution < -0.4 is 5.32 Å². The Balaban J connectivity index is 2.10. The second-order valence-electron chi connectivity index (χ2n) is 4.18. The van der Waals surface area contributed by atoms with Crippen molar-refractivity contribution in [1.82, 2.24) is 4.98 Å². The van der Waals surface area contributed by atoms with Crippen molar-refractivity contribution in [2.75, 3.05) is 5.32 Å². The molecule has 0 unspecified atom stereocenters. The maximum atomic E-state index is 11.0. The molecule has 4 heteroatoms. The van der Waals surface area contributed by atoms with Gasteiger partial charge in [0.2, 0.25) is 0 Å². The molecule has 2 N–H and O–H groups in total. The standard InChI is InChI=1S/C12H16N2O2/c15-12(16)11-10(7-4-8-13-11)14-9-5-2-1-3-6-9/h4,7-9,14H,1-3,5-6H2,(H,15,16). The highest BCUT2D eigenvalue weighted by Crippen LogP contribution is 2.22. The van der Waals surface area contributed by atoms with E-state index in [4.69, 9.17) is 5.11 Å². The molecule has 1 saturated carbocycles. The fourth-order valence-corrected chi connectivity index (χ4v) is 2.16. The number of carbonyl (C=O) groups is 1. The van der Waals surface area contributed by atoms with Gasteiger partial charge >= 0.3 is 5.97 Å². The Labute approximate surface area is 94.7 Å². The van der Waals surface area contributed by atoms with Crippen molar-refractivity contribution < 1.29 is 9.90 Å². The summed E-state index contributed by atoms with van der Waals surface area (Å²) in [4.78, 5) is 14.8. The summed E-state index contributed by atoms with van der Waals surface area (Å²) in [5, 5.41) is 12.3. The molecule has 1 aliphatic carbocycles. The molecule has 0 spiro atoms. The number of rotatable bonds is 3. The fourth-order valence-electron chi connectivity index (χ4n) is 2.16. The first-order valence-electron chi connectivity index (χ1n) is 5.72. The molecule has 0 atom stereocenters. The van der Waals surface area contributed by atoms with E-state index in [9.17, 15) is 4.79 Å². The van der Waals surface area contributed by atoms with Crippen LogP contribution in [0.1, 0.15) is 42.6 Å². The van der Waals surface area contributed by atoms with Gasteiger partial charge in [-0.2, -0.15) is 0 Å². The molecule has 1 heterocycles.